The molecule has 1 aliphatic heterocycles. The highest BCUT2D eigenvalue weighted by atomic mass is 35.5. The van der Waals surface area contributed by atoms with E-state index in [4.69, 9.17) is 16.3 Å². The van der Waals surface area contributed by atoms with Gasteiger partial charge in [-0.2, -0.15) is 0 Å². The minimum Gasteiger partial charge on any atom is -0.462 e. The molecule has 0 atom stereocenters. The molecule has 3 rings (SSSR count). The van der Waals surface area contributed by atoms with Crippen LogP contribution in [0, 0.1) is 0 Å². The van der Waals surface area contributed by atoms with Gasteiger partial charge in [0.2, 0.25) is 0 Å². The summed E-state index contributed by atoms with van der Waals surface area (Å²) in [4.78, 5) is 38.4. The van der Waals surface area contributed by atoms with E-state index in [1.807, 2.05) is 19.1 Å². The predicted molar refractivity (Wildman–Crippen MR) is 117 cm³/mol. The molecule has 2 aromatic rings. The maximum Gasteiger partial charge on any atom is 0.338 e. The third kappa shape index (κ3) is 4.39. The lowest BCUT2D eigenvalue weighted by molar-refractivity contribution is -0.120. The maximum absolute atomic E-state index is 12.9. The smallest absolute Gasteiger partial charge is 0.338 e. The van der Waals surface area contributed by atoms with Crippen molar-refractivity contribution in [2.24, 2.45) is 0 Å². The zero-order chi connectivity index (χ0) is 21.8. The van der Waals surface area contributed by atoms with Gasteiger partial charge in [0.15, 0.2) is 0 Å². The van der Waals surface area contributed by atoms with E-state index in [0.29, 0.717) is 29.5 Å². The molecule has 0 radical (unpaired) electrons. The molecular formula is C23H23ClN2O4. The SMILES string of the molecule is CCCOC(=O)c1ccc(NC2=C(Cl)C(=O)N(c3ccc(C(C)C)cc3)C2=O)cc1. The third-order valence-corrected chi connectivity index (χ3v) is 5.02. The Morgan fingerprint density at radius 1 is 1.03 bits per heavy atom. The molecule has 0 bridgehead atoms. The van der Waals surface area contributed by atoms with Crippen LogP contribution in [0.2, 0.25) is 0 Å². The number of rotatable bonds is 7. The van der Waals surface area contributed by atoms with Gasteiger partial charge in [-0.1, -0.05) is 44.5 Å². The highest BCUT2D eigenvalue weighted by Crippen LogP contribution is 2.31. The first kappa shape index (κ1) is 21.6. The van der Waals surface area contributed by atoms with Gasteiger partial charge in [0.25, 0.3) is 11.8 Å². The van der Waals surface area contributed by atoms with Gasteiger partial charge in [0.05, 0.1) is 17.9 Å². The Kier molecular flexibility index (Phi) is 6.57. The summed E-state index contributed by atoms with van der Waals surface area (Å²) in [5.74, 6) is -1.19. The second-order valence-corrected chi connectivity index (χ2v) is 7.60. The quantitative estimate of drug-likeness (QED) is 0.507. The normalized spacial score (nSPS) is 14.0. The van der Waals surface area contributed by atoms with Gasteiger partial charge in [-0.15, -0.1) is 0 Å². The van der Waals surface area contributed by atoms with E-state index in [1.165, 1.54) is 0 Å². The lowest BCUT2D eigenvalue weighted by Crippen LogP contribution is -2.32. The van der Waals surface area contributed by atoms with Crippen LogP contribution in [0.1, 0.15) is 49.0 Å². The van der Waals surface area contributed by atoms with E-state index in [2.05, 4.69) is 19.2 Å². The predicted octanol–water partition coefficient (Wildman–Crippen LogP) is 4.81. The summed E-state index contributed by atoms with van der Waals surface area (Å²) in [6.07, 6.45) is 0.741. The van der Waals surface area contributed by atoms with E-state index in [1.54, 1.807) is 36.4 Å². The molecule has 1 aliphatic rings. The largest absolute Gasteiger partial charge is 0.462 e. The van der Waals surface area contributed by atoms with E-state index in [0.717, 1.165) is 16.9 Å². The number of benzene rings is 2. The Balaban J connectivity index is 1.76. The number of hydrogen-bond donors (Lipinski definition) is 1. The Hall–Kier alpha value is -3.12. The third-order valence-electron chi connectivity index (χ3n) is 4.67. The lowest BCUT2D eigenvalue weighted by Gasteiger charge is -2.16. The molecule has 0 unspecified atom stereocenters. The number of hydrogen-bond acceptors (Lipinski definition) is 5. The molecule has 0 saturated carbocycles. The minimum atomic E-state index is -0.582. The fourth-order valence-corrected chi connectivity index (χ4v) is 3.18. The van der Waals surface area contributed by atoms with E-state index in [9.17, 15) is 14.4 Å². The summed E-state index contributed by atoms with van der Waals surface area (Å²) in [6.45, 7) is 6.40. The second-order valence-electron chi connectivity index (χ2n) is 7.22. The molecule has 156 valence electrons. The van der Waals surface area contributed by atoms with Gasteiger partial charge >= 0.3 is 5.97 Å². The second kappa shape index (κ2) is 9.13. The molecule has 2 amide bonds. The molecule has 1 heterocycles. The van der Waals surface area contributed by atoms with Crippen molar-refractivity contribution in [3.8, 4) is 0 Å². The van der Waals surface area contributed by atoms with Gasteiger partial charge in [0.1, 0.15) is 10.7 Å². The van der Waals surface area contributed by atoms with Crippen LogP contribution in [0.5, 0.6) is 0 Å². The number of ether oxygens (including phenoxy) is 1. The zero-order valence-electron chi connectivity index (χ0n) is 17.1. The number of halogens is 1. The first-order valence-corrected chi connectivity index (χ1v) is 10.1. The molecule has 0 aromatic heterocycles. The Bertz CT molecular complexity index is 995. The number of esters is 1. The Labute approximate surface area is 180 Å². The van der Waals surface area contributed by atoms with Crippen LogP contribution in [-0.2, 0) is 14.3 Å². The molecule has 6 nitrogen and oxygen atoms in total. The number of nitrogens with one attached hydrogen (secondary N) is 1. The average Bonchev–Trinajstić information content (AvgIpc) is 2.95. The van der Waals surface area contributed by atoms with Crippen molar-refractivity contribution in [1.29, 1.82) is 0 Å². The first-order valence-electron chi connectivity index (χ1n) is 9.76. The van der Waals surface area contributed by atoms with Crippen molar-refractivity contribution in [2.75, 3.05) is 16.8 Å². The molecular weight excluding hydrogens is 404 g/mol. The molecule has 1 N–H and O–H groups in total. The molecule has 0 fully saturated rings. The summed E-state index contributed by atoms with van der Waals surface area (Å²) in [6, 6.07) is 13.6. The minimum absolute atomic E-state index is 0.00378. The molecule has 7 heteroatoms. The maximum atomic E-state index is 12.9. The van der Waals surface area contributed by atoms with Crippen LogP contribution >= 0.6 is 11.6 Å². The number of amides is 2. The number of nitrogens with zero attached hydrogens (tertiary/aromatic N) is 1. The molecule has 2 aromatic carbocycles. The fourth-order valence-electron chi connectivity index (χ4n) is 2.97. The highest BCUT2D eigenvalue weighted by Gasteiger charge is 2.38. The Morgan fingerprint density at radius 3 is 2.23 bits per heavy atom. The van der Waals surface area contributed by atoms with E-state index >= 15 is 0 Å². The summed E-state index contributed by atoms with van der Waals surface area (Å²) in [5, 5.41) is 2.71. The standard InChI is InChI=1S/C23H23ClN2O4/c1-4-13-30-23(29)16-5-9-17(10-6-16)25-20-19(24)21(27)26(22(20)28)18-11-7-15(8-12-18)14(2)3/h5-12,14,25H,4,13H2,1-3H3. The molecule has 0 spiro atoms. The van der Waals surface area contributed by atoms with Crippen molar-refractivity contribution in [1.82, 2.24) is 0 Å². The first-order chi connectivity index (χ1) is 14.3. The van der Waals surface area contributed by atoms with E-state index in [-0.39, 0.29) is 10.7 Å². The van der Waals surface area contributed by atoms with Crippen molar-refractivity contribution < 1.29 is 19.1 Å². The van der Waals surface area contributed by atoms with Gasteiger partial charge in [0, 0.05) is 5.69 Å². The van der Waals surface area contributed by atoms with Crippen LogP contribution in [0.25, 0.3) is 0 Å². The zero-order valence-corrected chi connectivity index (χ0v) is 17.8. The van der Waals surface area contributed by atoms with Crippen LogP contribution in [-0.4, -0.2) is 24.4 Å². The van der Waals surface area contributed by atoms with Crippen molar-refractivity contribution in [3.05, 3.63) is 70.4 Å². The highest BCUT2D eigenvalue weighted by molar-refractivity contribution is 6.53. The average molecular weight is 427 g/mol. The van der Waals surface area contributed by atoms with Gasteiger partial charge in [-0.05, 0) is 54.3 Å². The summed E-state index contributed by atoms with van der Waals surface area (Å²) in [5.41, 5.74) is 2.48. The van der Waals surface area contributed by atoms with Gasteiger partial charge in [-0.3, -0.25) is 9.59 Å². The van der Waals surface area contributed by atoms with Crippen LogP contribution < -0.4 is 10.2 Å². The van der Waals surface area contributed by atoms with Crippen molar-refractivity contribution >= 4 is 40.8 Å². The van der Waals surface area contributed by atoms with Crippen LogP contribution in [0.4, 0.5) is 11.4 Å². The number of imide groups is 1. The van der Waals surface area contributed by atoms with Gasteiger partial charge < -0.3 is 10.1 Å². The van der Waals surface area contributed by atoms with Crippen LogP contribution in [0.3, 0.4) is 0 Å². The fraction of sp³-hybridized carbons (Fsp3) is 0.261. The van der Waals surface area contributed by atoms with Crippen LogP contribution in [0.15, 0.2) is 59.3 Å². The summed E-state index contributed by atoms with van der Waals surface area (Å²) >= 11 is 6.17. The topological polar surface area (TPSA) is 75.7 Å². The number of carbonyl (C=O) groups is 3. The van der Waals surface area contributed by atoms with Gasteiger partial charge in [-0.25, -0.2) is 9.69 Å². The Morgan fingerprint density at radius 2 is 1.67 bits per heavy atom. The number of carbonyl (C=O) groups excluding carboxylic acids is 3. The summed E-state index contributed by atoms with van der Waals surface area (Å²) in [7, 11) is 0. The van der Waals surface area contributed by atoms with Crippen molar-refractivity contribution in [2.45, 2.75) is 33.1 Å². The molecule has 30 heavy (non-hydrogen) atoms. The number of anilines is 2. The molecule has 0 aliphatic carbocycles. The van der Waals surface area contributed by atoms with Crippen molar-refractivity contribution in [3.63, 3.8) is 0 Å². The molecule has 0 saturated heterocycles. The monoisotopic (exact) mass is 426 g/mol. The van der Waals surface area contributed by atoms with E-state index < -0.39 is 17.8 Å². The lowest BCUT2D eigenvalue weighted by atomic mass is 10.0. The summed E-state index contributed by atoms with van der Waals surface area (Å²) < 4.78 is 5.09.